The molecule has 254 valence electrons. The molecule has 7 nitrogen and oxygen atoms in total. The number of hydrogen-bond acceptors (Lipinski definition) is 6. The van der Waals surface area contributed by atoms with Gasteiger partial charge in [-0.2, -0.15) is 0 Å². The van der Waals surface area contributed by atoms with Crippen molar-refractivity contribution in [1.82, 2.24) is 0 Å². The highest BCUT2D eigenvalue weighted by Gasteiger charge is 2.45. The number of rotatable bonds is 12. The molecule has 0 amide bonds. The Hall–Kier alpha value is -2.28. The number of ether oxygens (including phenoxy) is 2. The first-order valence-electron chi connectivity index (χ1n) is 15.8. The van der Waals surface area contributed by atoms with Crippen molar-refractivity contribution in [1.29, 1.82) is 0 Å². The van der Waals surface area contributed by atoms with Crippen LogP contribution in [0.4, 0.5) is 0 Å². The van der Waals surface area contributed by atoms with Crippen molar-refractivity contribution in [2.75, 3.05) is 14.2 Å². The van der Waals surface area contributed by atoms with E-state index in [1.165, 1.54) is 0 Å². The maximum atomic E-state index is 13.2. The molecule has 45 heavy (non-hydrogen) atoms. The second-order valence-corrected chi connectivity index (χ2v) is 30.9. The van der Waals surface area contributed by atoms with Crippen LogP contribution in [0.3, 0.4) is 0 Å². The fourth-order valence-electron chi connectivity index (χ4n) is 4.03. The second-order valence-electron chi connectivity index (χ2n) is 16.7. The van der Waals surface area contributed by atoms with Gasteiger partial charge < -0.3 is 27.9 Å². The fraction of sp³-hybridized carbons (Fsp3) is 0.629. The van der Waals surface area contributed by atoms with Crippen molar-refractivity contribution >= 4 is 30.9 Å². The molecule has 0 saturated carbocycles. The molecule has 2 rings (SSSR count). The van der Waals surface area contributed by atoms with Crippen LogP contribution in [0, 0.1) is 0 Å². The molecule has 0 bridgehead atoms. The largest absolute Gasteiger partial charge is 0.541 e. The molecule has 0 fully saturated rings. The van der Waals surface area contributed by atoms with E-state index in [1.807, 2.05) is 30.3 Å². The minimum atomic E-state index is -2.46. The Labute approximate surface area is 276 Å². The van der Waals surface area contributed by atoms with Crippen molar-refractivity contribution in [3.05, 3.63) is 47.5 Å². The average Bonchev–Trinajstić information content (AvgIpc) is 2.86. The Kier molecular flexibility index (Phi) is 11.6. The molecular weight excluding hydrogens is 617 g/mol. The predicted octanol–water partition coefficient (Wildman–Crippen LogP) is 10.4. The van der Waals surface area contributed by atoms with E-state index in [0.717, 1.165) is 0 Å². The molecule has 0 aliphatic carbocycles. The SMILES string of the molecule is COc1cc([C@@H](O[Si](C)(C)C(C)(C)C)[C@H](C(=O)O)c2ccc(O[Si](C)(C)C(C)(C)C)c(OC)c2)ccc1O[Si](C)(C)C(C)(C)C. The number of aliphatic carboxylic acids is 1. The van der Waals surface area contributed by atoms with Crippen LogP contribution in [0.1, 0.15) is 85.5 Å². The lowest BCUT2D eigenvalue weighted by atomic mass is 9.89. The van der Waals surface area contributed by atoms with Gasteiger partial charge in [-0.05, 0) is 89.8 Å². The van der Waals surface area contributed by atoms with Crippen LogP contribution in [0.2, 0.25) is 54.4 Å². The number of benzene rings is 2. The number of carboxylic acids is 1. The van der Waals surface area contributed by atoms with E-state index < -0.39 is 42.9 Å². The summed E-state index contributed by atoms with van der Waals surface area (Å²) in [6, 6.07) is 11.2. The number of hydrogen-bond donors (Lipinski definition) is 1. The Balaban J connectivity index is 2.76. The smallest absolute Gasteiger partial charge is 0.313 e. The quantitative estimate of drug-likeness (QED) is 0.224. The Morgan fingerprint density at radius 1 is 0.600 bits per heavy atom. The molecule has 2 atom stereocenters. The van der Waals surface area contributed by atoms with Crippen LogP contribution in [-0.4, -0.2) is 50.2 Å². The first kappa shape index (κ1) is 38.9. The first-order valence-corrected chi connectivity index (χ1v) is 24.6. The Bertz CT molecular complexity index is 1330. The molecular formula is C35H60O7Si3. The molecule has 2 aromatic rings. The van der Waals surface area contributed by atoms with Crippen molar-refractivity contribution in [2.45, 2.75) is 129 Å². The zero-order chi connectivity index (χ0) is 35.0. The lowest BCUT2D eigenvalue weighted by Crippen LogP contribution is -2.44. The van der Waals surface area contributed by atoms with Crippen molar-refractivity contribution in [2.24, 2.45) is 0 Å². The number of carboxylic acid groups (broad SMARTS) is 1. The van der Waals surface area contributed by atoms with E-state index in [9.17, 15) is 9.90 Å². The molecule has 1 N–H and O–H groups in total. The van der Waals surface area contributed by atoms with Crippen LogP contribution < -0.4 is 18.3 Å². The van der Waals surface area contributed by atoms with Gasteiger partial charge >= 0.3 is 5.97 Å². The maximum Gasteiger partial charge on any atom is 0.313 e. The lowest BCUT2D eigenvalue weighted by Gasteiger charge is -2.41. The monoisotopic (exact) mass is 676 g/mol. The molecule has 2 aromatic carbocycles. The highest BCUT2D eigenvalue weighted by Crippen LogP contribution is 2.48. The summed E-state index contributed by atoms with van der Waals surface area (Å²) in [7, 11) is -3.59. The van der Waals surface area contributed by atoms with Gasteiger partial charge in [0.1, 0.15) is 17.4 Å². The van der Waals surface area contributed by atoms with E-state index in [0.29, 0.717) is 34.1 Å². The summed E-state index contributed by atoms with van der Waals surface area (Å²) in [4.78, 5) is 13.2. The number of carbonyl (C=O) groups is 1. The van der Waals surface area contributed by atoms with Gasteiger partial charge in [-0.3, -0.25) is 4.79 Å². The zero-order valence-corrected chi connectivity index (χ0v) is 34.0. The summed E-state index contributed by atoms with van der Waals surface area (Å²) in [6.45, 7) is 32.6. The summed E-state index contributed by atoms with van der Waals surface area (Å²) in [6.07, 6.45) is -0.795. The molecule has 0 aliphatic rings. The van der Waals surface area contributed by atoms with Gasteiger partial charge in [0.05, 0.1) is 20.3 Å². The van der Waals surface area contributed by atoms with Gasteiger partial charge in [0, 0.05) is 0 Å². The molecule has 0 radical (unpaired) electrons. The van der Waals surface area contributed by atoms with E-state index in [4.69, 9.17) is 22.8 Å². The number of methoxy groups -OCH3 is 2. The van der Waals surface area contributed by atoms with E-state index in [-0.39, 0.29) is 15.1 Å². The third-order valence-electron chi connectivity index (χ3n) is 10.2. The van der Waals surface area contributed by atoms with Crippen LogP contribution in [0.15, 0.2) is 36.4 Å². The summed E-state index contributed by atoms with van der Waals surface area (Å²) in [5, 5.41) is 10.7. The first-order chi connectivity index (χ1) is 20.2. The molecule has 0 saturated heterocycles. The Morgan fingerprint density at radius 2 is 0.956 bits per heavy atom. The van der Waals surface area contributed by atoms with E-state index in [2.05, 4.69) is 102 Å². The fourth-order valence-corrected chi connectivity index (χ4v) is 7.34. The lowest BCUT2D eigenvalue weighted by molar-refractivity contribution is -0.141. The summed E-state index contributed by atoms with van der Waals surface area (Å²) < 4.78 is 31.8. The standard InChI is InChI=1S/C35H60O7Si3/c1-33(2,3)43(12,13)40-26-20-18-24(22-28(26)38-10)30(32(36)37)31(42-45(16,17)35(7,8)9)25-19-21-27(29(23-25)39-11)41-44(14,15)34(4,5)6/h18-23,30-31H,1-17H3,(H,36,37)/t30-,31-/m1/s1. The maximum absolute atomic E-state index is 13.2. The zero-order valence-electron chi connectivity index (χ0n) is 31.0. The van der Waals surface area contributed by atoms with E-state index in [1.54, 1.807) is 20.3 Å². The minimum absolute atomic E-state index is 0.00141. The van der Waals surface area contributed by atoms with Crippen molar-refractivity contribution < 1.29 is 32.7 Å². The summed E-state index contributed by atoms with van der Waals surface area (Å²) >= 11 is 0. The third-order valence-corrected chi connectivity index (χ3v) is 23.3. The van der Waals surface area contributed by atoms with Crippen molar-refractivity contribution in [3.8, 4) is 23.0 Å². The van der Waals surface area contributed by atoms with Crippen LogP contribution in [0.5, 0.6) is 23.0 Å². The van der Waals surface area contributed by atoms with Crippen molar-refractivity contribution in [3.63, 3.8) is 0 Å². The van der Waals surface area contributed by atoms with Gasteiger partial charge in [-0.1, -0.05) is 74.4 Å². The third kappa shape index (κ3) is 8.96. The Morgan fingerprint density at radius 3 is 1.29 bits per heavy atom. The van der Waals surface area contributed by atoms with Gasteiger partial charge in [-0.25, -0.2) is 0 Å². The molecule has 0 aliphatic heterocycles. The molecule has 0 spiro atoms. The molecule has 0 unspecified atom stereocenters. The van der Waals surface area contributed by atoms with Crippen LogP contribution in [0.25, 0.3) is 0 Å². The highest BCUT2D eigenvalue weighted by atomic mass is 28.4. The molecule has 0 heterocycles. The van der Waals surface area contributed by atoms with Crippen LogP contribution in [-0.2, 0) is 9.22 Å². The molecule has 10 heteroatoms. The second kappa shape index (κ2) is 13.4. The normalized spacial score (nSPS) is 14.9. The average molecular weight is 677 g/mol. The van der Waals surface area contributed by atoms with Gasteiger partial charge in [0.25, 0.3) is 16.6 Å². The topological polar surface area (TPSA) is 83.5 Å². The predicted molar refractivity (Wildman–Crippen MR) is 193 cm³/mol. The highest BCUT2D eigenvalue weighted by molar-refractivity contribution is 6.75. The summed E-state index contributed by atoms with van der Waals surface area (Å²) in [5.41, 5.74) is 1.29. The summed E-state index contributed by atoms with van der Waals surface area (Å²) in [5.74, 6) is 0.324. The van der Waals surface area contributed by atoms with E-state index >= 15 is 0 Å². The van der Waals surface area contributed by atoms with Crippen LogP contribution >= 0.6 is 0 Å². The van der Waals surface area contributed by atoms with Gasteiger partial charge in [0.2, 0.25) is 0 Å². The van der Waals surface area contributed by atoms with Gasteiger partial charge in [-0.15, -0.1) is 0 Å². The molecule has 0 aromatic heterocycles. The van der Waals surface area contributed by atoms with Gasteiger partial charge in [0.15, 0.2) is 19.8 Å². The minimum Gasteiger partial charge on any atom is -0.541 e.